The molecule has 1 amide bonds. The standard InChI is InChI=1S/C25H23N5O4/c1-34-19-7-4-6-18(14-19)30-25(33)28-24(29-30)26-17-11-9-15(10-12-17)23(32)27-21-13-16-5-2-3-8-20(16)22(21)31/h2-12,14,21-22,31H,13H2,1H3,(H,27,32)(H2,26,28,29,33)/t21-,22-/m0/s1. The highest BCUT2D eigenvalue weighted by Crippen LogP contribution is 2.31. The number of nitrogens with zero attached hydrogens (tertiary/aromatic N) is 2. The molecule has 0 radical (unpaired) electrons. The van der Waals surface area contributed by atoms with Crippen molar-refractivity contribution in [3.63, 3.8) is 0 Å². The molecule has 3 aromatic carbocycles. The van der Waals surface area contributed by atoms with Gasteiger partial charge in [-0.15, -0.1) is 5.10 Å². The topological polar surface area (TPSA) is 121 Å². The molecule has 1 aromatic heterocycles. The number of hydrogen-bond acceptors (Lipinski definition) is 6. The molecule has 5 rings (SSSR count). The smallest absolute Gasteiger partial charge is 0.349 e. The van der Waals surface area contributed by atoms with Gasteiger partial charge in [0.1, 0.15) is 5.75 Å². The van der Waals surface area contributed by atoms with E-state index in [0.717, 1.165) is 11.1 Å². The molecule has 0 saturated carbocycles. The first-order valence-corrected chi connectivity index (χ1v) is 10.8. The number of carbonyl (C=O) groups excluding carboxylic acids is 1. The molecule has 172 valence electrons. The van der Waals surface area contributed by atoms with E-state index in [1.807, 2.05) is 24.3 Å². The Labute approximate surface area is 195 Å². The number of aromatic amines is 1. The first-order chi connectivity index (χ1) is 16.5. The first-order valence-electron chi connectivity index (χ1n) is 10.8. The molecule has 9 nitrogen and oxygen atoms in total. The molecule has 0 bridgehead atoms. The van der Waals surface area contributed by atoms with Crippen LogP contribution in [-0.4, -0.2) is 38.9 Å². The summed E-state index contributed by atoms with van der Waals surface area (Å²) < 4.78 is 6.43. The summed E-state index contributed by atoms with van der Waals surface area (Å²) in [6, 6.07) is 21.1. The van der Waals surface area contributed by atoms with E-state index < -0.39 is 11.8 Å². The van der Waals surface area contributed by atoms with Crippen molar-refractivity contribution in [2.75, 3.05) is 12.4 Å². The fourth-order valence-corrected chi connectivity index (χ4v) is 4.10. The minimum Gasteiger partial charge on any atom is -0.497 e. The molecular formula is C25H23N5O4. The Morgan fingerprint density at radius 2 is 1.91 bits per heavy atom. The molecule has 0 unspecified atom stereocenters. The van der Waals surface area contributed by atoms with Crippen molar-refractivity contribution >= 4 is 17.5 Å². The van der Waals surface area contributed by atoms with E-state index in [2.05, 4.69) is 20.7 Å². The quantitative estimate of drug-likeness (QED) is 0.353. The maximum absolute atomic E-state index is 12.7. The van der Waals surface area contributed by atoms with Crippen molar-refractivity contribution in [1.82, 2.24) is 20.1 Å². The van der Waals surface area contributed by atoms with Gasteiger partial charge in [0.2, 0.25) is 5.95 Å². The number of carbonyl (C=O) groups is 1. The highest BCUT2D eigenvalue weighted by molar-refractivity contribution is 5.94. The number of hydrogen-bond donors (Lipinski definition) is 4. The van der Waals surface area contributed by atoms with E-state index in [0.29, 0.717) is 29.1 Å². The Balaban J connectivity index is 1.25. The van der Waals surface area contributed by atoms with Gasteiger partial charge in [0.05, 0.1) is 24.9 Å². The average molecular weight is 457 g/mol. The fourth-order valence-electron chi connectivity index (χ4n) is 4.10. The van der Waals surface area contributed by atoms with Crippen molar-refractivity contribution in [1.29, 1.82) is 0 Å². The van der Waals surface area contributed by atoms with Gasteiger partial charge >= 0.3 is 5.69 Å². The monoisotopic (exact) mass is 457 g/mol. The van der Waals surface area contributed by atoms with Gasteiger partial charge in [-0.3, -0.25) is 9.78 Å². The lowest BCUT2D eigenvalue weighted by atomic mass is 10.1. The molecule has 1 aliphatic rings. The minimum absolute atomic E-state index is 0.261. The summed E-state index contributed by atoms with van der Waals surface area (Å²) in [6.45, 7) is 0. The molecule has 9 heteroatoms. The number of nitrogens with one attached hydrogen (secondary N) is 3. The van der Waals surface area contributed by atoms with E-state index in [9.17, 15) is 14.7 Å². The van der Waals surface area contributed by atoms with Crippen LogP contribution in [0.25, 0.3) is 5.69 Å². The second kappa shape index (κ2) is 8.87. The number of H-pyrrole nitrogens is 1. The number of aliphatic hydroxyl groups excluding tert-OH is 1. The Kier molecular flexibility index (Phi) is 5.60. The molecule has 0 saturated heterocycles. The Morgan fingerprint density at radius 1 is 1.12 bits per heavy atom. The van der Waals surface area contributed by atoms with Crippen LogP contribution in [0.1, 0.15) is 27.6 Å². The summed E-state index contributed by atoms with van der Waals surface area (Å²) >= 11 is 0. The SMILES string of the molecule is COc1cccc(-n2nc(Nc3ccc(C(=O)N[C@H]4Cc5ccccc5[C@@H]4O)cc3)[nH]c2=O)c1. The van der Waals surface area contributed by atoms with Crippen LogP contribution in [0.5, 0.6) is 5.75 Å². The second-order valence-electron chi connectivity index (χ2n) is 8.02. The summed E-state index contributed by atoms with van der Waals surface area (Å²) in [5.74, 6) is 0.612. The van der Waals surface area contributed by atoms with E-state index in [1.54, 1.807) is 55.6 Å². The molecule has 0 spiro atoms. The van der Waals surface area contributed by atoms with Crippen molar-refractivity contribution in [3.05, 3.63) is 100.0 Å². The Morgan fingerprint density at radius 3 is 2.68 bits per heavy atom. The number of benzene rings is 3. The van der Waals surface area contributed by atoms with Crippen LogP contribution in [0, 0.1) is 0 Å². The number of fused-ring (bicyclic) bond motifs is 1. The lowest BCUT2D eigenvalue weighted by Gasteiger charge is -2.17. The third-order valence-corrected chi connectivity index (χ3v) is 5.84. The van der Waals surface area contributed by atoms with Gasteiger partial charge in [0, 0.05) is 17.3 Å². The highest BCUT2D eigenvalue weighted by atomic mass is 16.5. The maximum Gasteiger partial charge on any atom is 0.349 e. The number of anilines is 2. The van der Waals surface area contributed by atoms with Crippen molar-refractivity contribution in [3.8, 4) is 11.4 Å². The van der Waals surface area contributed by atoms with Gasteiger partial charge in [-0.1, -0.05) is 30.3 Å². The first kappa shape index (κ1) is 21.5. The third kappa shape index (κ3) is 4.16. The van der Waals surface area contributed by atoms with Crippen LogP contribution in [0.15, 0.2) is 77.6 Å². The van der Waals surface area contributed by atoms with Crippen molar-refractivity contribution in [2.45, 2.75) is 18.6 Å². The van der Waals surface area contributed by atoms with Crippen LogP contribution in [0.2, 0.25) is 0 Å². The lowest BCUT2D eigenvalue weighted by Crippen LogP contribution is -2.37. The van der Waals surface area contributed by atoms with E-state index in [4.69, 9.17) is 4.74 Å². The maximum atomic E-state index is 12.7. The van der Waals surface area contributed by atoms with Crippen molar-refractivity contribution < 1.29 is 14.6 Å². The average Bonchev–Trinajstić information content (AvgIpc) is 3.38. The summed E-state index contributed by atoms with van der Waals surface area (Å²) in [7, 11) is 1.55. The zero-order valence-electron chi connectivity index (χ0n) is 18.4. The predicted molar refractivity (Wildman–Crippen MR) is 127 cm³/mol. The molecule has 1 aliphatic carbocycles. The number of aliphatic hydroxyl groups is 1. The van der Waals surface area contributed by atoms with Gasteiger partial charge in [0.15, 0.2) is 0 Å². The fraction of sp³-hybridized carbons (Fsp3) is 0.160. The third-order valence-electron chi connectivity index (χ3n) is 5.84. The highest BCUT2D eigenvalue weighted by Gasteiger charge is 2.31. The largest absolute Gasteiger partial charge is 0.497 e. The zero-order valence-corrected chi connectivity index (χ0v) is 18.4. The predicted octanol–water partition coefficient (Wildman–Crippen LogP) is 2.70. The van der Waals surface area contributed by atoms with Crippen LogP contribution < -0.4 is 21.1 Å². The number of ether oxygens (including phenoxy) is 1. The molecule has 1 heterocycles. The normalized spacial score (nSPS) is 16.6. The van der Waals surface area contributed by atoms with E-state index >= 15 is 0 Å². The van der Waals surface area contributed by atoms with E-state index in [-0.39, 0.29) is 17.9 Å². The molecule has 4 aromatic rings. The Hall–Kier alpha value is -4.37. The minimum atomic E-state index is -0.724. The molecular weight excluding hydrogens is 434 g/mol. The van der Waals surface area contributed by atoms with Crippen LogP contribution in [0.3, 0.4) is 0 Å². The van der Waals surface area contributed by atoms with Crippen LogP contribution >= 0.6 is 0 Å². The number of rotatable bonds is 6. The van der Waals surface area contributed by atoms with Crippen molar-refractivity contribution in [2.24, 2.45) is 0 Å². The molecule has 34 heavy (non-hydrogen) atoms. The number of amides is 1. The summed E-state index contributed by atoms with van der Waals surface area (Å²) in [5.41, 5.74) is 3.18. The molecule has 2 atom stereocenters. The van der Waals surface area contributed by atoms with E-state index in [1.165, 1.54) is 4.68 Å². The van der Waals surface area contributed by atoms with Gasteiger partial charge in [-0.25, -0.2) is 4.79 Å². The molecule has 4 N–H and O–H groups in total. The molecule has 0 aliphatic heterocycles. The Bertz CT molecular complexity index is 1390. The van der Waals surface area contributed by atoms with Gasteiger partial charge in [0.25, 0.3) is 5.91 Å². The second-order valence-corrected chi connectivity index (χ2v) is 8.02. The van der Waals surface area contributed by atoms with Crippen LogP contribution in [0.4, 0.5) is 11.6 Å². The van der Waals surface area contributed by atoms with Gasteiger partial charge < -0.3 is 20.5 Å². The van der Waals surface area contributed by atoms with Gasteiger partial charge in [-0.2, -0.15) is 4.68 Å². The van der Waals surface area contributed by atoms with Gasteiger partial charge in [-0.05, 0) is 53.9 Å². The number of methoxy groups -OCH3 is 1. The summed E-state index contributed by atoms with van der Waals surface area (Å²) in [5, 5.41) is 20.7. The summed E-state index contributed by atoms with van der Waals surface area (Å²) in [4.78, 5) is 27.7. The zero-order chi connectivity index (χ0) is 23.7. The lowest BCUT2D eigenvalue weighted by molar-refractivity contribution is 0.0858. The summed E-state index contributed by atoms with van der Waals surface area (Å²) in [6.07, 6.45) is -0.135. The molecule has 0 fully saturated rings. The van der Waals surface area contributed by atoms with Crippen LogP contribution in [-0.2, 0) is 6.42 Å². The number of aromatic nitrogens is 3.